The Balaban J connectivity index is 4.53. The molecule has 132 valence electrons. The van der Waals surface area contributed by atoms with Gasteiger partial charge < -0.3 is 14.7 Å². The molecule has 0 bridgehead atoms. The fraction of sp³-hybridized carbons (Fsp3) is 1.00. The van der Waals surface area contributed by atoms with Gasteiger partial charge in [-0.25, -0.2) is 0 Å². The molecule has 0 aliphatic heterocycles. The maximum absolute atomic E-state index is 11.0. The summed E-state index contributed by atoms with van der Waals surface area (Å²) in [7, 11) is -3.73. The lowest BCUT2D eigenvalue weighted by molar-refractivity contribution is 0.178. The predicted molar refractivity (Wildman–Crippen MR) is 92.9 cm³/mol. The summed E-state index contributed by atoms with van der Waals surface area (Å²) in [6, 6.07) is 0. The van der Waals surface area contributed by atoms with Crippen molar-refractivity contribution in [2.24, 2.45) is 11.8 Å². The fourth-order valence-corrected chi connectivity index (χ4v) is 3.88. The second kappa shape index (κ2) is 12.6. The molecule has 0 heterocycles. The molecule has 0 aliphatic carbocycles. The molecule has 0 amide bonds. The Labute approximate surface area is 137 Å². The zero-order valence-electron chi connectivity index (χ0n) is 14.3. The second-order valence-corrected chi connectivity index (χ2v) is 8.48. The van der Waals surface area contributed by atoms with Gasteiger partial charge in [-0.15, -0.1) is 0 Å². The van der Waals surface area contributed by atoms with Crippen LogP contribution in [0.4, 0.5) is 0 Å². The SMILES string of the molecule is CCC(CC)C(CC)CN(CCCP=O)CCCP(=O)(O)O. The Morgan fingerprint density at radius 1 is 1.00 bits per heavy atom. The zero-order valence-corrected chi connectivity index (χ0v) is 16.1. The summed E-state index contributed by atoms with van der Waals surface area (Å²) >= 11 is 0. The number of hydrogen-bond acceptors (Lipinski definition) is 3. The van der Waals surface area contributed by atoms with E-state index < -0.39 is 7.60 Å². The smallest absolute Gasteiger partial charge is 0.324 e. The van der Waals surface area contributed by atoms with Gasteiger partial charge in [-0.1, -0.05) is 40.0 Å². The molecule has 0 spiro atoms. The van der Waals surface area contributed by atoms with Crippen molar-refractivity contribution in [1.29, 1.82) is 0 Å². The lowest BCUT2D eigenvalue weighted by Gasteiger charge is -2.31. The highest BCUT2D eigenvalue weighted by Gasteiger charge is 2.20. The average molecular weight is 353 g/mol. The van der Waals surface area contributed by atoms with Gasteiger partial charge in [0.05, 0.1) is 6.16 Å². The highest BCUT2D eigenvalue weighted by atomic mass is 31.2. The number of rotatable bonds is 14. The summed E-state index contributed by atoms with van der Waals surface area (Å²) in [6.45, 7) is 9.20. The molecule has 0 aromatic carbocycles. The largest absolute Gasteiger partial charge is 0.325 e. The maximum Gasteiger partial charge on any atom is 0.325 e. The van der Waals surface area contributed by atoms with Crippen LogP contribution in [0.15, 0.2) is 0 Å². The predicted octanol–water partition coefficient (Wildman–Crippen LogP) is 4.00. The molecule has 0 aromatic rings. The summed E-state index contributed by atoms with van der Waals surface area (Å²) in [6.07, 6.45) is 5.44. The molecule has 0 radical (unpaired) electrons. The van der Waals surface area contributed by atoms with E-state index in [1.54, 1.807) is 0 Å². The molecular weight excluding hydrogens is 320 g/mol. The van der Waals surface area contributed by atoms with Gasteiger partial charge >= 0.3 is 7.60 Å². The number of nitrogens with zero attached hydrogens (tertiary/aromatic N) is 1. The summed E-state index contributed by atoms with van der Waals surface area (Å²) in [5, 5.41) is 0. The van der Waals surface area contributed by atoms with E-state index >= 15 is 0 Å². The van der Waals surface area contributed by atoms with Crippen LogP contribution >= 0.6 is 16.1 Å². The average Bonchev–Trinajstić information content (AvgIpc) is 2.45. The van der Waals surface area contributed by atoms with Crippen LogP contribution in [0.5, 0.6) is 0 Å². The van der Waals surface area contributed by atoms with Crippen LogP contribution < -0.4 is 0 Å². The molecule has 0 fully saturated rings. The topological polar surface area (TPSA) is 77.8 Å². The van der Waals surface area contributed by atoms with Crippen molar-refractivity contribution < 1.29 is 18.9 Å². The van der Waals surface area contributed by atoms with Gasteiger partial charge in [0.2, 0.25) is 0 Å². The molecule has 0 aromatic heterocycles. The van der Waals surface area contributed by atoms with Crippen LogP contribution in [0.25, 0.3) is 0 Å². The number of hydrogen-bond donors (Lipinski definition) is 2. The molecule has 22 heavy (non-hydrogen) atoms. The molecule has 0 rings (SSSR count). The van der Waals surface area contributed by atoms with Gasteiger partial charge in [-0.05, 0) is 37.8 Å². The molecule has 7 heteroatoms. The summed E-state index contributed by atoms with van der Waals surface area (Å²) < 4.78 is 21.6. The molecule has 1 unspecified atom stereocenters. The van der Waals surface area contributed by atoms with E-state index in [0.717, 1.165) is 25.9 Å². The lowest BCUT2D eigenvalue weighted by atomic mass is 9.85. The second-order valence-electron chi connectivity index (χ2n) is 5.99. The van der Waals surface area contributed by atoms with E-state index in [2.05, 4.69) is 25.7 Å². The Bertz CT molecular complexity index is 332. The van der Waals surface area contributed by atoms with Crippen molar-refractivity contribution in [3.05, 3.63) is 0 Å². The van der Waals surface area contributed by atoms with Crippen molar-refractivity contribution >= 4 is 16.1 Å². The molecule has 5 nitrogen and oxygen atoms in total. The minimum Gasteiger partial charge on any atom is -0.324 e. The first-order valence-electron chi connectivity index (χ1n) is 8.43. The minimum atomic E-state index is -3.90. The quantitative estimate of drug-likeness (QED) is 0.365. The Kier molecular flexibility index (Phi) is 12.7. The van der Waals surface area contributed by atoms with Crippen molar-refractivity contribution in [3.8, 4) is 0 Å². The maximum atomic E-state index is 11.0. The first-order chi connectivity index (χ1) is 10.4. The van der Waals surface area contributed by atoms with Gasteiger partial charge in [0.1, 0.15) is 0 Å². The summed E-state index contributed by atoms with van der Waals surface area (Å²) in [4.78, 5) is 20.3. The third kappa shape index (κ3) is 10.9. The van der Waals surface area contributed by atoms with Gasteiger partial charge in [-0.3, -0.25) is 9.13 Å². The Morgan fingerprint density at radius 2 is 1.55 bits per heavy atom. The van der Waals surface area contributed by atoms with E-state index in [1.165, 1.54) is 12.8 Å². The summed E-state index contributed by atoms with van der Waals surface area (Å²) in [5.41, 5.74) is 0. The normalized spacial score (nSPS) is 14.1. The van der Waals surface area contributed by atoms with Crippen LogP contribution in [0.3, 0.4) is 0 Å². The molecule has 0 saturated carbocycles. The first kappa shape index (κ1) is 22.2. The molecular formula is C15H33NO4P2. The van der Waals surface area contributed by atoms with Crippen LogP contribution in [-0.4, -0.2) is 46.6 Å². The van der Waals surface area contributed by atoms with E-state index in [4.69, 9.17) is 9.79 Å². The van der Waals surface area contributed by atoms with Crippen molar-refractivity contribution in [3.63, 3.8) is 0 Å². The van der Waals surface area contributed by atoms with E-state index in [1.807, 2.05) is 0 Å². The first-order valence-corrected chi connectivity index (χ1v) is 11.2. The van der Waals surface area contributed by atoms with Gasteiger partial charge in [0.15, 0.2) is 8.46 Å². The fourth-order valence-electron chi connectivity index (χ4n) is 3.05. The van der Waals surface area contributed by atoms with E-state index in [-0.39, 0.29) is 14.6 Å². The standard InChI is InChI=1S/C15H33NO4P2/c1-4-14(5-2)15(6-3)13-16(9-7-11-21-17)10-8-12-22(18,19)20/h14-15H,4-13H2,1-3H3,(H2,18,19,20). The van der Waals surface area contributed by atoms with Gasteiger partial charge in [0, 0.05) is 12.7 Å². The Morgan fingerprint density at radius 3 is 2.00 bits per heavy atom. The van der Waals surface area contributed by atoms with Crippen LogP contribution in [0.1, 0.15) is 52.9 Å². The Hall–Kier alpha value is 0.210. The third-order valence-electron chi connectivity index (χ3n) is 4.38. The lowest BCUT2D eigenvalue weighted by Crippen LogP contribution is -2.34. The zero-order chi connectivity index (χ0) is 17.0. The minimum absolute atomic E-state index is 0.0505. The third-order valence-corrected chi connectivity index (χ3v) is 5.78. The molecule has 2 N–H and O–H groups in total. The highest BCUT2D eigenvalue weighted by Crippen LogP contribution is 2.35. The van der Waals surface area contributed by atoms with Crippen molar-refractivity contribution in [2.75, 3.05) is 32.0 Å². The molecule has 0 aliphatic rings. The van der Waals surface area contributed by atoms with Crippen molar-refractivity contribution in [2.45, 2.75) is 52.9 Å². The van der Waals surface area contributed by atoms with Gasteiger partial charge in [0.25, 0.3) is 0 Å². The molecule has 1 atom stereocenters. The van der Waals surface area contributed by atoms with Crippen LogP contribution in [-0.2, 0) is 9.13 Å². The monoisotopic (exact) mass is 353 g/mol. The van der Waals surface area contributed by atoms with Gasteiger partial charge in [-0.2, -0.15) is 0 Å². The molecule has 0 saturated heterocycles. The van der Waals surface area contributed by atoms with E-state index in [9.17, 15) is 9.13 Å². The summed E-state index contributed by atoms with van der Waals surface area (Å²) in [5.74, 6) is 1.32. The van der Waals surface area contributed by atoms with Crippen LogP contribution in [0, 0.1) is 11.8 Å². The highest BCUT2D eigenvalue weighted by molar-refractivity contribution is 7.51. The van der Waals surface area contributed by atoms with E-state index in [0.29, 0.717) is 31.0 Å². The van der Waals surface area contributed by atoms with Crippen molar-refractivity contribution in [1.82, 2.24) is 4.90 Å². The van der Waals surface area contributed by atoms with Crippen LogP contribution in [0.2, 0.25) is 0 Å².